The van der Waals surface area contributed by atoms with E-state index in [1.165, 1.54) is 17.5 Å². The Morgan fingerprint density at radius 3 is 2.19 bits per heavy atom. The number of aryl methyl sites for hydroxylation is 1. The Morgan fingerprint density at radius 1 is 1.06 bits per heavy atom. The van der Waals surface area contributed by atoms with Crippen molar-refractivity contribution >= 4 is 35.6 Å². The number of quaternary nitrogens is 1. The van der Waals surface area contributed by atoms with Crippen molar-refractivity contribution in [1.29, 1.82) is 0 Å². The van der Waals surface area contributed by atoms with Crippen LogP contribution in [0.2, 0.25) is 0 Å². The van der Waals surface area contributed by atoms with Gasteiger partial charge < -0.3 is 5.73 Å². The van der Waals surface area contributed by atoms with E-state index in [2.05, 4.69) is 24.7 Å². The Kier molecular flexibility index (Phi) is 7.46. The molecule has 1 amide bonds. The first kappa shape index (κ1) is 22.6. The van der Waals surface area contributed by atoms with Gasteiger partial charge in [-0.15, -0.1) is 12.6 Å². The Morgan fingerprint density at radius 2 is 1.68 bits per heavy atom. The molecule has 0 radical (unpaired) electrons. The summed E-state index contributed by atoms with van der Waals surface area (Å²) >= 11 is 4.13. The average molecular weight is 436 g/mol. The number of thiol groups is 1. The third-order valence-corrected chi connectivity index (χ3v) is 5.28. The molecule has 1 aliphatic heterocycles. The summed E-state index contributed by atoms with van der Waals surface area (Å²) in [7, 11) is 0. The minimum absolute atomic E-state index is 0.0988. The number of hydrogen-bond acceptors (Lipinski definition) is 5. The second-order valence-electron chi connectivity index (χ2n) is 7.38. The van der Waals surface area contributed by atoms with Crippen molar-refractivity contribution in [2.24, 2.45) is 5.10 Å². The number of benzene rings is 3. The third kappa shape index (κ3) is 5.95. The predicted octanol–water partition coefficient (Wildman–Crippen LogP) is 3.83. The lowest BCUT2D eigenvalue weighted by molar-refractivity contribution is -0.825. The fraction of sp³-hybridized carbons (Fsp3) is 0.167. The molecule has 0 aliphatic carbocycles. The minimum atomic E-state index is -0.132. The molecule has 31 heavy (non-hydrogen) atoms. The summed E-state index contributed by atoms with van der Waals surface area (Å²) < 4.78 is 0. The van der Waals surface area contributed by atoms with Gasteiger partial charge in [0.2, 0.25) is 5.91 Å². The van der Waals surface area contributed by atoms with Crippen molar-refractivity contribution in [2.75, 3.05) is 5.73 Å². The highest BCUT2D eigenvalue weighted by atomic mass is 32.1. The fourth-order valence-electron chi connectivity index (χ4n) is 3.26. The molecule has 160 valence electrons. The van der Waals surface area contributed by atoms with E-state index in [0.29, 0.717) is 12.1 Å². The summed E-state index contributed by atoms with van der Waals surface area (Å²) in [5, 5.41) is 15.0. The normalized spacial score (nSPS) is 15.2. The van der Waals surface area contributed by atoms with Crippen LogP contribution in [0.25, 0.3) is 0 Å². The maximum Gasteiger partial charge on any atom is 0.240 e. The molecule has 0 aromatic heterocycles. The van der Waals surface area contributed by atoms with Crippen molar-refractivity contribution in [3.05, 3.63) is 89.5 Å². The average Bonchev–Trinajstić information content (AvgIpc) is 3.23. The number of hydrogen-bond donors (Lipinski definition) is 4. The molecule has 7 heteroatoms. The van der Waals surface area contributed by atoms with Gasteiger partial charge in [0, 0.05) is 36.1 Å². The summed E-state index contributed by atoms with van der Waals surface area (Å²) in [5.41, 5.74) is 12.3. The van der Waals surface area contributed by atoms with Gasteiger partial charge in [0.15, 0.2) is 5.69 Å². The monoisotopic (exact) mass is 435 g/mol. The second-order valence-corrected chi connectivity index (χ2v) is 7.90. The van der Waals surface area contributed by atoms with Crippen LogP contribution in [0, 0.1) is 6.92 Å². The van der Waals surface area contributed by atoms with Crippen molar-refractivity contribution in [2.45, 2.75) is 31.2 Å². The van der Waals surface area contributed by atoms with E-state index in [-0.39, 0.29) is 11.9 Å². The Hall–Kier alpha value is -3.13. The zero-order valence-corrected chi connectivity index (χ0v) is 18.5. The molecule has 3 aromatic carbocycles. The molecular weight excluding hydrogens is 408 g/mol. The van der Waals surface area contributed by atoms with Gasteiger partial charge in [-0.1, -0.05) is 42.0 Å². The summed E-state index contributed by atoms with van der Waals surface area (Å²) in [5.74, 6) is -0.0988. The van der Waals surface area contributed by atoms with Crippen LogP contribution in [0.5, 0.6) is 0 Å². The highest BCUT2D eigenvalue weighted by molar-refractivity contribution is 7.80. The largest absolute Gasteiger partial charge is 0.399 e. The molecule has 4 rings (SSSR count). The lowest BCUT2D eigenvalue weighted by Crippen LogP contribution is -2.73. The van der Waals surface area contributed by atoms with Crippen LogP contribution in [-0.2, 0) is 4.79 Å². The topological polar surface area (TPSA) is 95.5 Å². The smallest absolute Gasteiger partial charge is 0.240 e. The molecule has 1 unspecified atom stereocenters. The van der Waals surface area contributed by atoms with Crippen molar-refractivity contribution < 1.29 is 15.5 Å². The third-order valence-electron chi connectivity index (χ3n) is 4.98. The standard InChI is InChI=1S/C17H18N4O2.C7H8S/c1-11(22)21-17(13-4-8-15(20-23)9-5-13)10-16(19-21)12-2-6-14(18)7-3-12;1-6-2-4-7(8)5-3-6/h2-9,17,20,23H,10,18H2,1H3;2-5,8H,1H3/p+1. The maximum absolute atomic E-state index is 11.9. The number of nitrogens with zero attached hydrogens (tertiary/aromatic N) is 2. The van der Waals surface area contributed by atoms with Gasteiger partial charge in [-0.05, 0) is 42.3 Å². The lowest BCUT2D eigenvalue weighted by Gasteiger charge is -2.20. The van der Waals surface area contributed by atoms with E-state index in [1.807, 2.05) is 72.8 Å². The number of nitrogens with two attached hydrogens (primary N) is 2. The molecule has 1 atom stereocenters. The molecule has 6 nitrogen and oxygen atoms in total. The van der Waals surface area contributed by atoms with Crippen LogP contribution in [0.4, 0.5) is 11.4 Å². The number of rotatable bonds is 3. The highest BCUT2D eigenvalue weighted by Crippen LogP contribution is 2.33. The molecule has 1 heterocycles. The molecular formula is C24H27N4O2S+. The summed E-state index contributed by atoms with van der Waals surface area (Å²) in [6.07, 6.45) is 0.645. The van der Waals surface area contributed by atoms with Gasteiger partial charge in [0.25, 0.3) is 0 Å². The van der Waals surface area contributed by atoms with Gasteiger partial charge in [0.1, 0.15) is 0 Å². The number of nitrogen functional groups attached to an aromatic ring is 1. The van der Waals surface area contributed by atoms with Gasteiger partial charge in [-0.2, -0.15) is 10.6 Å². The predicted molar refractivity (Wildman–Crippen MR) is 126 cm³/mol. The number of anilines is 1. The van der Waals surface area contributed by atoms with Crippen molar-refractivity contribution in [3.63, 3.8) is 0 Å². The van der Waals surface area contributed by atoms with Gasteiger partial charge in [-0.3, -0.25) is 4.79 Å². The van der Waals surface area contributed by atoms with Crippen LogP contribution in [0.15, 0.2) is 82.8 Å². The second kappa shape index (κ2) is 10.3. The Balaban J connectivity index is 0.000000287. The van der Waals surface area contributed by atoms with Gasteiger partial charge in [-0.25, -0.2) is 10.2 Å². The van der Waals surface area contributed by atoms with E-state index >= 15 is 0 Å². The van der Waals surface area contributed by atoms with E-state index in [4.69, 9.17) is 10.9 Å². The van der Waals surface area contributed by atoms with Crippen molar-refractivity contribution in [3.8, 4) is 0 Å². The van der Waals surface area contributed by atoms with E-state index in [9.17, 15) is 4.79 Å². The van der Waals surface area contributed by atoms with Gasteiger partial charge in [0.05, 0.1) is 11.8 Å². The van der Waals surface area contributed by atoms with E-state index in [0.717, 1.165) is 32.9 Å². The molecule has 5 N–H and O–H groups in total. The Bertz CT molecular complexity index is 1030. The quantitative estimate of drug-likeness (QED) is 0.286. The molecule has 0 spiro atoms. The molecule has 0 saturated carbocycles. The lowest BCUT2D eigenvalue weighted by atomic mass is 9.98. The Labute approximate surface area is 187 Å². The number of amides is 1. The molecule has 0 fully saturated rings. The van der Waals surface area contributed by atoms with Crippen LogP contribution in [0.1, 0.15) is 36.1 Å². The van der Waals surface area contributed by atoms with Crippen LogP contribution < -0.4 is 11.2 Å². The van der Waals surface area contributed by atoms with E-state index < -0.39 is 0 Å². The highest BCUT2D eigenvalue weighted by Gasteiger charge is 2.31. The summed E-state index contributed by atoms with van der Waals surface area (Å²) in [6, 6.07) is 22.9. The first-order chi connectivity index (χ1) is 14.9. The molecule has 1 aliphatic rings. The van der Waals surface area contributed by atoms with Crippen molar-refractivity contribution in [1.82, 2.24) is 5.01 Å². The zero-order valence-electron chi connectivity index (χ0n) is 17.6. The van der Waals surface area contributed by atoms with Gasteiger partial charge >= 0.3 is 0 Å². The van der Waals surface area contributed by atoms with Crippen LogP contribution in [0.3, 0.4) is 0 Å². The van der Waals surface area contributed by atoms with Crippen LogP contribution in [-0.4, -0.2) is 21.8 Å². The number of carbonyl (C=O) groups excluding carboxylic acids is 1. The minimum Gasteiger partial charge on any atom is -0.399 e. The first-order valence-electron chi connectivity index (χ1n) is 9.93. The first-order valence-corrected chi connectivity index (χ1v) is 10.4. The molecule has 3 aromatic rings. The fourth-order valence-corrected chi connectivity index (χ4v) is 3.41. The zero-order chi connectivity index (χ0) is 22.4. The maximum atomic E-state index is 11.9. The van der Waals surface area contributed by atoms with E-state index in [1.54, 1.807) is 0 Å². The SMILES string of the molecule is CC(=O)N1N=C(c2ccc(N)cc2)CC1c1ccc([NH2+]O)cc1.Cc1ccc(S)cc1. The number of hydrazone groups is 1. The van der Waals surface area contributed by atoms with Crippen LogP contribution >= 0.6 is 12.6 Å². The number of carbonyl (C=O) groups is 1. The summed E-state index contributed by atoms with van der Waals surface area (Å²) in [4.78, 5) is 13.0. The summed E-state index contributed by atoms with van der Waals surface area (Å²) in [6.45, 7) is 3.57. The molecule has 0 saturated heterocycles. The molecule has 0 bridgehead atoms.